The highest BCUT2D eigenvalue weighted by Crippen LogP contribution is 2.25. The summed E-state index contributed by atoms with van der Waals surface area (Å²) in [7, 11) is 1.78. The van der Waals surface area contributed by atoms with Crippen LogP contribution in [-0.4, -0.2) is 26.2 Å². The standard InChI is InChI=1S/C20H21FN4O2/c1-11-16(13(3)26)12(2)23-17(11)20(27)24-18(19-22-9-10-25(19)4)14-7-5-6-8-15(14)21/h5-10,18,23H,1-4H3,(H,24,27)/t18-/m1/s1. The summed E-state index contributed by atoms with van der Waals surface area (Å²) < 4.78 is 16.2. The zero-order chi connectivity index (χ0) is 19.7. The van der Waals surface area contributed by atoms with E-state index in [4.69, 9.17) is 0 Å². The fourth-order valence-electron chi connectivity index (χ4n) is 3.35. The Morgan fingerprint density at radius 2 is 1.96 bits per heavy atom. The number of H-pyrrole nitrogens is 1. The van der Waals surface area contributed by atoms with Crippen LogP contribution in [0.5, 0.6) is 0 Å². The van der Waals surface area contributed by atoms with Crippen LogP contribution in [0.1, 0.15) is 56.5 Å². The Hall–Kier alpha value is -3.22. The number of aryl methyl sites for hydroxylation is 2. The molecule has 0 fully saturated rings. The molecule has 0 saturated carbocycles. The van der Waals surface area contributed by atoms with Gasteiger partial charge in [0, 0.05) is 36.3 Å². The summed E-state index contributed by atoms with van der Waals surface area (Å²) in [6, 6.07) is 5.48. The molecule has 2 heterocycles. The van der Waals surface area contributed by atoms with Gasteiger partial charge in [-0.1, -0.05) is 18.2 Å². The highest BCUT2D eigenvalue weighted by atomic mass is 19.1. The van der Waals surface area contributed by atoms with E-state index in [0.29, 0.717) is 28.2 Å². The van der Waals surface area contributed by atoms with Crippen LogP contribution in [0.4, 0.5) is 4.39 Å². The number of imidazole rings is 1. The van der Waals surface area contributed by atoms with Crippen molar-refractivity contribution in [2.75, 3.05) is 0 Å². The van der Waals surface area contributed by atoms with Crippen molar-refractivity contribution in [3.05, 3.63) is 76.4 Å². The lowest BCUT2D eigenvalue weighted by Gasteiger charge is -2.19. The molecule has 3 rings (SSSR count). The number of hydrogen-bond donors (Lipinski definition) is 2. The summed E-state index contributed by atoms with van der Waals surface area (Å²) in [6.45, 7) is 4.92. The second kappa shape index (κ2) is 7.19. The van der Waals surface area contributed by atoms with Gasteiger partial charge in [-0.25, -0.2) is 9.37 Å². The van der Waals surface area contributed by atoms with E-state index >= 15 is 0 Å². The number of Topliss-reactive ketones (excluding diaryl/α,β-unsaturated/α-hetero) is 1. The quantitative estimate of drug-likeness (QED) is 0.679. The van der Waals surface area contributed by atoms with Crippen molar-refractivity contribution in [2.45, 2.75) is 26.8 Å². The summed E-state index contributed by atoms with van der Waals surface area (Å²) in [5.74, 6) is -0.481. The predicted octanol–water partition coefficient (Wildman–Crippen LogP) is 3.23. The van der Waals surface area contributed by atoms with E-state index in [2.05, 4.69) is 15.3 Å². The topological polar surface area (TPSA) is 79.8 Å². The van der Waals surface area contributed by atoms with Crippen LogP contribution in [0.3, 0.4) is 0 Å². The maximum Gasteiger partial charge on any atom is 0.268 e. The second-order valence-corrected chi connectivity index (χ2v) is 6.51. The molecule has 1 atom stereocenters. The number of aromatic amines is 1. The van der Waals surface area contributed by atoms with E-state index in [9.17, 15) is 14.0 Å². The normalized spacial score (nSPS) is 12.0. The third kappa shape index (κ3) is 3.40. The Kier molecular flexibility index (Phi) is 4.94. The Morgan fingerprint density at radius 3 is 2.52 bits per heavy atom. The number of nitrogens with one attached hydrogen (secondary N) is 2. The van der Waals surface area contributed by atoms with Crippen molar-refractivity contribution >= 4 is 11.7 Å². The zero-order valence-electron chi connectivity index (χ0n) is 15.6. The average Bonchev–Trinajstić information content (AvgIpc) is 3.16. The van der Waals surface area contributed by atoms with E-state index in [-0.39, 0.29) is 11.5 Å². The zero-order valence-corrected chi connectivity index (χ0v) is 15.6. The lowest BCUT2D eigenvalue weighted by Crippen LogP contribution is -2.32. The number of halogens is 1. The number of rotatable bonds is 5. The maximum absolute atomic E-state index is 14.4. The van der Waals surface area contributed by atoms with Gasteiger partial charge in [0.1, 0.15) is 23.4 Å². The van der Waals surface area contributed by atoms with E-state index in [1.54, 1.807) is 56.1 Å². The fourth-order valence-corrected chi connectivity index (χ4v) is 3.35. The SMILES string of the molecule is CC(=O)c1c(C)[nH]c(C(=O)N[C@H](c2ccccc2F)c2nccn2C)c1C. The third-order valence-corrected chi connectivity index (χ3v) is 4.62. The van der Waals surface area contributed by atoms with Crippen molar-refractivity contribution in [3.63, 3.8) is 0 Å². The van der Waals surface area contributed by atoms with Gasteiger partial charge in [-0.2, -0.15) is 0 Å². The third-order valence-electron chi connectivity index (χ3n) is 4.62. The summed E-state index contributed by atoms with van der Waals surface area (Å²) in [5.41, 5.74) is 2.30. The maximum atomic E-state index is 14.4. The minimum atomic E-state index is -0.775. The van der Waals surface area contributed by atoms with Crippen molar-refractivity contribution < 1.29 is 14.0 Å². The van der Waals surface area contributed by atoms with E-state index < -0.39 is 17.8 Å². The minimum Gasteiger partial charge on any atom is -0.354 e. The van der Waals surface area contributed by atoms with Gasteiger partial charge in [0.15, 0.2) is 5.78 Å². The molecule has 2 N–H and O–H groups in total. The molecule has 7 heteroatoms. The summed E-state index contributed by atoms with van der Waals surface area (Å²) in [4.78, 5) is 32.0. The molecule has 0 bridgehead atoms. The lowest BCUT2D eigenvalue weighted by molar-refractivity contribution is 0.0935. The molecule has 3 aromatic rings. The molecule has 27 heavy (non-hydrogen) atoms. The number of amides is 1. The number of ketones is 1. The van der Waals surface area contributed by atoms with Crippen LogP contribution in [0.15, 0.2) is 36.7 Å². The highest BCUT2D eigenvalue weighted by Gasteiger charge is 2.26. The molecule has 6 nitrogen and oxygen atoms in total. The first-order valence-corrected chi connectivity index (χ1v) is 8.53. The highest BCUT2D eigenvalue weighted by molar-refractivity contribution is 6.02. The van der Waals surface area contributed by atoms with Crippen LogP contribution in [0, 0.1) is 19.7 Å². The molecule has 0 spiro atoms. The number of carbonyl (C=O) groups is 2. The van der Waals surface area contributed by atoms with Gasteiger partial charge in [-0.05, 0) is 32.4 Å². The molecular weight excluding hydrogens is 347 g/mol. The first-order valence-electron chi connectivity index (χ1n) is 8.53. The largest absolute Gasteiger partial charge is 0.354 e. The van der Waals surface area contributed by atoms with Gasteiger partial charge in [-0.3, -0.25) is 9.59 Å². The Balaban J connectivity index is 2.02. The number of carbonyl (C=O) groups excluding carboxylic acids is 2. The fraction of sp³-hybridized carbons (Fsp3) is 0.250. The average molecular weight is 368 g/mol. The molecule has 0 aliphatic rings. The van der Waals surface area contributed by atoms with Gasteiger partial charge in [0.05, 0.1) is 0 Å². The van der Waals surface area contributed by atoms with E-state index in [0.717, 1.165) is 0 Å². The van der Waals surface area contributed by atoms with Gasteiger partial charge in [0.2, 0.25) is 0 Å². The van der Waals surface area contributed by atoms with Gasteiger partial charge in [-0.15, -0.1) is 0 Å². The molecule has 0 unspecified atom stereocenters. The van der Waals surface area contributed by atoms with Crippen LogP contribution in [0.25, 0.3) is 0 Å². The Labute approximate surface area is 156 Å². The first-order chi connectivity index (χ1) is 12.8. The van der Waals surface area contributed by atoms with Crippen molar-refractivity contribution in [2.24, 2.45) is 7.05 Å². The molecule has 1 amide bonds. The molecule has 0 radical (unpaired) electrons. The molecule has 140 valence electrons. The first kappa shape index (κ1) is 18.6. The second-order valence-electron chi connectivity index (χ2n) is 6.51. The molecule has 0 aliphatic heterocycles. The summed E-state index contributed by atoms with van der Waals surface area (Å²) >= 11 is 0. The molecule has 0 aliphatic carbocycles. The van der Waals surface area contributed by atoms with Crippen LogP contribution >= 0.6 is 0 Å². The number of aromatic nitrogens is 3. The predicted molar refractivity (Wildman–Crippen MR) is 99.2 cm³/mol. The Morgan fingerprint density at radius 1 is 1.26 bits per heavy atom. The summed E-state index contributed by atoms with van der Waals surface area (Å²) in [6.07, 6.45) is 3.32. The van der Waals surface area contributed by atoms with E-state index in [1.807, 2.05) is 0 Å². The minimum absolute atomic E-state index is 0.116. The molecule has 0 saturated heterocycles. The van der Waals surface area contributed by atoms with Crippen molar-refractivity contribution in [3.8, 4) is 0 Å². The van der Waals surface area contributed by atoms with Crippen molar-refractivity contribution in [1.82, 2.24) is 19.9 Å². The van der Waals surface area contributed by atoms with Gasteiger partial charge < -0.3 is 14.9 Å². The van der Waals surface area contributed by atoms with E-state index in [1.165, 1.54) is 13.0 Å². The van der Waals surface area contributed by atoms with Gasteiger partial charge >= 0.3 is 0 Å². The molecule has 2 aromatic heterocycles. The number of nitrogens with zero attached hydrogens (tertiary/aromatic N) is 2. The lowest BCUT2D eigenvalue weighted by atomic mass is 10.0. The van der Waals surface area contributed by atoms with Crippen molar-refractivity contribution in [1.29, 1.82) is 0 Å². The molecule has 1 aromatic carbocycles. The van der Waals surface area contributed by atoms with Gasteiger partial charge in [0.25, 0.3) is 5.91 Å². The Bertz CT molecular complexity index is 1020. The van der Waals surface area contributed by atoms with Crippen LogP contribution in [0.2, 0.25) is 0 Å². The number of benzene rings is 1. The van der Waals surface area contributed by atoms with Crippen LogP contribution in [-0.2, 0) is 7.05 Å². The summed E-state index contributed by atoms with van der Waals surface area (Å²) in [5, 5.41) is 2.85. The molecular formula is C20H21FN4O2. The monoisotopic (exact) mass is 368 g/mol. The number of hydrogen-bond acceptors (Lipinski definition) is 3. The smallest absolute Gasteiger partial charge is 0.268 e. The van der Waals surface area contributed by atoms with Crippen LogP contribution < -0.4 is 5.32 Å².